The SMILES string of the molecule is CCNCc1cc(S(=O)(=O)NCC2CCOCC2)c(C)s1. The van der Waals surface area contributed by atoms with Gasteiger partial charge in [-0.25, -0.2) is 13.1 Å². The molecule has 7 heteroatoms. The van der Waals surface area contributed by atoms with Crippen LogP contribution in [0.3, 0.4) is 0 Å². The molecule has 0 bridgehead atoms. The highest BCUT2D eigenvalue weighted by Gasteiger charge is 2.22. The lowest BCUT2D eigenvalue weighted by Crippen LogP contribution is -2.32. The summed E-state index contributed by atoms with van der Waals surface area (Å²) in [5, 5.41) is 3.22. The highest BCUT2D eigenvalue weighted by molar-refractivity contribution is 7.89. The minimum Gasteiger partial charge on any atom is -0.381 e. The van der Waals surface area contributed by atoms with Crippen molar-refractivity contribution < 1.29 is 13.2 Å². The third-order valence-electron chi connectivity index (χ3n) is 3.66. The topological polar surface area (TPSA) is 67.4 Å². The van der Waals surface area contributed by atoms with Crippen LogP contribution in [0.25, 0.3) is 0 Å². The fraction of sp³-hybridized carbons (Fsp3) is 0.714. The van der Waals surface area contributed by atoms with Crippen molar-refractivity contribution in [1.82, 2.24) is 10.0 Å². The summed E-state index contributed by atoms with van der Waals surface area (Å²) in [6, 6.07) is 1.79. The fourth-order valence-corrected chi connectivity index (χ4v) is 5.10. The van der Waals surface area contributed by atoms with Crippen molar-refractivity contribution >= 4 is 21.4 Å². The Hall–Kier alpha value is -0.470. The van der Waals surface area contributed by atoms with Gasteiger partial charge in [0.15, 0.2) is 0 Å². The quantitative estimate of drug-likeness (QED) is 0.800. The zero-order valence-corrected chi connectivity index (χ0v) is 14.3. The number of aryl methyl sites for hydroxylation is 1. The van der Waals surface area contributed by atoms with E-state index in [-0.39, 0.29) is 0 Å². The minimum atomic E-state index is -3.40. The molecule has 21 heavy (non-hydrogen) atoms. The minimum absolute atomic E-state index is 0.383. The first-order chi connectivity index (χ1) is 10.0. The summed E-state index contributed by atoms with van der Waals surface area (Å²) in [5.41, 5.74) is 0. The molecular formula is C14H24N2O3S2. The maximum atomic E-state index is 12.4. The molecular weight excluding hydrogens is 308 g/mol. The summed E-state index contributed by atoms with van der Waals surface area (Å²) in [6.07, 6.45) is 1.85. The third-order valence-corrected chi connectivity index (χ3v) is 6.39. The van der Waals surface area contributed by atoms with Crippen LogP contribution in [0.2, 0.25) is 0 Å². The van der Waals surface area contributed by atoms with E-state index in [2.05, 4.69) is 10.0 Å². The maximum absolute atomic E-state index is 12.4. The number of thiophene rings is 1. The molecule has 2 N–H and O–H groups in total. The molecule has 0 aromatic carbocycles. The second kappa shape index (κ2) is 7.69. The van der Waals surface area contributed by atoms with E-state index in [1.54, 1.807) is 17.4 Å². The standard InChI is InChI=1S/C14H24N2O3S2/c1-3-15-10-13-8-14(11(2)20-13)21(17,18)16-9-12-4-6-19-7-5-12/h8,12,15-16H,3-7,9-10H2,1-2H3. The van der Waals surface area contributed by atoms with Crippen LogP contribution in [0.1, 0.15) is 29.5 Å². The molecule has 0 saturated carbocycles. The number of hydrogen-bond donors (Lipinski definition) is 2. The van der Waals surface area contributed by atoms with Gasteiger partial charge in [0.1, 0.15) is 0 Å². The molecule has 1 fully saturated rings. The lowest BCUT2D eigenvalue weighted by Gasteiger charge is -2.22. The smallest absolute Gasteiger partial charge is 0.241 e. The van der Waals surface area contributed by atoms with Gasteiger partial charge in [-0.3, -0.25) is 0 Å². The van der Waals surface area contributed by atoms with Crippen LogP contribution in [-0.4, -0.2) is 34.7 Å². The summed E-state index contributed by atoms with van der Waals surface area (Å²) >= 11 is 1.54. The summed E-state index contributed by atoms with van der Waals surface area (Å²) < 4.78 is 32.9. The molecule has 1 aromatic heterocycles. The van der Waals surface area contributed by atoms with Gasteiger partial charge in [0.05, 0.1) is 4.90 Å². The molecule has 1 aliphatic rings. The van der Waals surface area contributed by atoms with Crippen LogP contribution in [0, 0.1) is 12.8 Å². The van der Waals surface area contributed by atoms with Gasteiger partial charge < -0.3 is 10.1 Å². The zero-order chi connectivity index (χ0) is 15.3. The highest BCUT2D eigenvalue weighted by atomic mass is 32.2. The third kappa shape index (κ3) is 4.75. The van der Waals surface area contributed by atoms with E-state index < -0.39 is 10.0 Å². The Labute approximate surface area is 131 Å². The lowest BCUT2D eigenvalue weighted by molar-refractivity contribution is 0.0678. The molecule has 5 nitrogen and oxygen atoms in total. The summed E-state index contributed by atoms with van der Waals surface area (Å²) in [6.45, 7) is 7.46. The van der Waals surface area contributed by atoms with Crippen molar-refractivity contribution in [2.75, 3.05) is 26.3 Å². The Morgan fingerprint density at radius 2 is 2.10 bits per heavy atom. The van der Waals surface area contributed by atoms with Crippen molar-refractivity contribution in [3.8, 4) is 0 Å². The predicted molar refractivity (Wildman–Crippen MR) is 85.2 cm³/mol. The molecule has 0 amide bonds. The van der Waals surface area contributed by atoms with Crippen LogP contribution in [-0.2, 0) is 21.3 Å². The van der Waals surface area contributed by atoms with Gasteiger partial charge in [0.2, 0.25) is 10.0 Å². The Morgan fingerprint density at radius 3 is 2.76 bits per heavy atom. The monoisotopic (exact) mass is 332 g/mol. The van der Waals surface area contributed by atoms with Crippen LogP contribution in [0.4, 0.5) is 0 Å². The Morgan fingerprint density at radius 1 is 1.38 bits per heavy atom. The maximum Gasteiger partial charge on any atom is 0.241 e. The van der Waals surface area contributed by atoms with Gasteiger partial charge in [0.25, 0.3) is 0 Å². The average Bonchev–Trinajstić information content (AvgIpc) is 2.86. The molecule has 1 aromatic rings. The van der Waals surface area contributed by atoms with Crippen LogP contribution >= 0.6 is 11.3 Å². The molecule has 0 atom stereocenters. The molecule has 120 valence electrons. The van der Waals surface area contributed by atoms with Crippen LogP contribution < -0.4 is 10.0 Å². The van der Waals surface area contributed by atoms with E-state index in [1.807, 2.05) is 13.8 Å². The Kier molecular flexibility index (Phi) is 6.19. The summed E-state index contributed by atoms with van der Waals surface area (Å²) in [5.74, 6) is 0.383. The largest absolute Gasteiger partial charge is 0.381 e. The first-order valence-electron chi connectivity index (χ1n) is 7.40. The van der Waals surface area contributed by atoms with Gasteiger partial charge >= 0.3 is 0 Å². The van der Waals surface area contributed by atoms with Crippen molar-refractivity contribution in [2.45, 2.75) is 38.1 Å². The Bertz CT molecular complexity index is 549. The van der Waals surface area contributed by atoms with E-state index in [0.717, 1.165) is 48.9 Å². The van der Waals surface area contributed by atoms with E-state index in [4.69, 9.17) is 4.74 Å². The van der Waals surface area contributed by atoms with Crippen molar-refractivity contribution in [1.29, 1.82) is 0 Å². The molecule has 0 spiro atoms. The number of hydrogen-bond acceptors (Lipinski definition) is 5. The molecule has 2 heterocycles. The average molecular weight is 332 g/mol. The highest BCUT2D eigenvalue weighted by Crippen LogP contribution is 2.26. The molecule has 0 aliphatic carbocycles. The van der Waals surface area contributed by atoms with Gasteiger partial charge in [-0.05, 0) is 38.3 Å². The molecule has 1 aliphatic heterocycles. The normalized spacial score (nSPS) is 17.2. The second-order valence-electron chi connectivity index (χ2n) is 5.32. The molecule has 2 rings (SSSR count). The van der Waals surface area contributed by atoms with E-state index >= 15 is 0 Å². The first-order valence-corrected chi connectivity index (χ1v) is 9.70. The number of nitrogens with one attached hydrogen (secondary N) is 2. The van der Waals surface area contributed by atoms with E-state index in [9.17, 15) is 8.42 Å². The Balaban J connectivity index is 1.99. The van der Waals surface area contributed by atoms with E-state index in [1.165, 1.54) is 0 Å². The zero-order valence-electron chi connectivity index (χ0n) is 12.6. The van der Waals surface area contributed by atoms with Gasteiger partial charge in [-0.15, -0.1) is 11.3 Å². The number of ether oxygens (including phenoxy) is 1. The van der Waals surface area contributed by atoms with Gasteiger partial charge in [-0.1, -0.05) is 6.92 Å². The van der Waals surface area contributed by atoms with Crippen molar-refractivity contribution in [2.24, 2.45) is 5.92 Å². The summed E-state index contributed by atoms with van der Waals surface area (Å²) in [7, 11) is -3.40. The van der Waals surface area contributed by atoms with Crippen molar-refractivity contribution in [3.63, 3.8) is 0 Å². The van der Waals surface area contributed by atoms with E-state index in [0.29, 0.717) is 17.4 Å². The van der Waals surface area contributed by atoms with Crippen molar-refractivity contribution in [3.05, 3.63) is 15.8 Å². The summed E-state index contributed by atoms with van der Waals surface area (Å²) in [4.78, 5) is 2.33. The number of sulfonamides is 1. The van der Waals surface area contributed by atoms with Gasteiger partial charge in [-0.2, -0.15) is 0 Å². The molecule has 1 saturated heterocycles. The fourth-order valence-electron chi connectivity index (χ4n) is 2.38. The molecule has 0 unspecified atom stereocenters. The predicted octanol–water partition coefficient (Wildman–Crippen LogP) is 1.87. The van der Waals surface area contributed by atoms with Crippen LogP contribution in [0.5, 0.6) is 0 Å². The van der Waals surface area contributed by atoms with Crippen LogP contribution in [0.15, 0.2) is 11.0 Å². The lowest BCUT2D eigenvalue weighted by atomic mass is 10.0. The van der Waals surface area contributed by atoms with Gasteiger partial charge in [0, 0.05) is 36.1 Å². The first kappa shape index (κ1) is 16.9. The number of rotatable bonds is 7. The molecule has 0 radical (unpaired) electrons. The second-order valence-corrected chi connectivity index (χ2v) is 8.40.